The third-order valence-electron chi connectivity index (χ3n) is 1.96. The van der Waals surface area contributed by atoms with Crippen molar-refractivity contribution in [2.45, 2.75) is 33.4 Å². The van der Waals surface area contributed by atoms with E-state index < -0.39 is 7.74 Å². The molecule has 0 atom stereocenters. The van der Waals surface area contributed by atoms with Crippen molar-refractivity contribution in [1.82, 2.24) is 0 Å². The molecule has 0 unspecified atom stereocenters. The van der Waals surface area contributed by atoms with E-state index in [0.29, 0.717) is 0 Å². The maximum Gasteiger partial charge on any atom is 0.163 e. The van der Waals surface area contributed by atoms with Gasteiger partial charge >= 0.3 is 0 Å². The van der Waals surface area contributed by atoms with E-state index in [-0.39, 0.29) is 0 Å². The van der Waals surface area contributed by atoms with Crippen molar-refractivity contribution in [1.29, 1.82) is 0 Å². The maximum absolute atomic E-state index is 9.89. The molecule has 0 radical (unpaired) electrons. The first-order chi connectivity index (χ1) is 4.46. The maximum atomic E-state index is 9.89. The molecule has 0 bridgehead atoms. The van der Waals surface area contributed by atoms with Crippen molar-refractivity contribution >= 4 is 47.8 Å². The minimum absolute atomic E-state index is 0.490. The first-order valence-electron chi connectivity index (χ1n) is 3.25. The van der Waals surface area contributed by atoms with Gasteiger partial charge in [0.25, 0.3) is 0 Å². The van der Waals surface area contributed by atoms with Crippen molar-refractivity contribution in [3.63, 3.8) is 0 Å². The van der Waals surface area contributed by atoms with E-state index in [9.17, 15) is 5.11 Å². The first kappa shape index (κ1) is 9.49. The van der Waals surface area contributed by atoms with Gasteiger partial charge in [-0.05, 0) is 12.8 Å². The third-order valence-corrected chi connectivity index (χ3v) is 4.17. The van der Waals surface area contributed by atoms with Crippen LogP contribution in [0, 0.1) is 0 Å². The van der Waals surface area contributed by atoms with Gasteiger partial charge < -0.3 is 5.11 Å². The molecule has 10 heavy (non-hydrogen) atoms. The Morgan fingerprint density at radius 3 is 1.70 bits per heavy atom. The standard InChI is InChI=1S/C6H9Br3O/c7-6(8,9)5(10)3-1-2-4-5/h10H,1-4H2. The van der Waals surface area contributed by atoms with Gasteiger partial charge in [0, 0.05) is 0 Å². The molecule has 0 aromatic rings. The molecule has 1 saturated carbocycles. The van der Waals surface area contributed by atoms with Crippen LogP contribution in [-0.4, -0.2) is 12.9 Å². The molecule has 4 heteroatoms. The van der Waals surface area contributed by atoms with Crippen molar-refractivity contribution in [3.8, 4) is 0 Å². The van der Waals surface area contributed by atoms with E-state index in [1.165, 1.54) is 0 Å². The van der Waals surface area contributed by atoms with Gasteiger partial charge in [-0.1, -0.05) is 60.6 Å². The summed E-state index contributed by atoms with van der Waals surface area (Å²) >= 11 is 10.0. The van der Waals surface area contributed by atoms with Crippen LogP contribution in [0.1, 0.15) is 25.7 Å². The average Bonchev–Trinajstić information content (AvgIpc) is 2.13. The predicted octanol–water partition coefficient (Wildman–Crippen LogP) is 3.13. The number of rotatable bonds is 0. The zero-order valence-corrected chi connectivity index (χ0v) is 10.2. The van der Waals surface area contributed by atoms with Crippen LogP contribution >= 0.6 is 47.8 Å². The van der Waals surface area contributed by atoms with Crippen molar-refractivity contribution in [3.05, 3.63) is 0 Å². The van der Waals surface area contributed by atoms with E-state index in [1.807, 2.05) is 0 Å². The summed E-state index contributed by atoms with van der Waals surface area (Å²) < 4.78 is -0.490. The molecule has 1 rings (SSSR count). The van der Waals surface area contributed by atoms with Crippen LogP contribution in [0.4, 0.5) is 0 Å². The summed E-state index contributed by atoms with van der Waals surface area (Å²) in [4.78, 5) is 0. The quantitative estimate of drug-likeness (QED) is 0.674. The molecule has 0 spiro atoms. The first-order valence-corrected chi connectivity index (χ1v) is 5.63. The summed E-state index contributed by atoms with van der Waals surface area (Å²) in [5.74, 6) is 0. The highest BCUT2D eigenvalue weighted by atomic mass is 80.0. The number of aliphatic hydroxyl groups is 1. The van der Waals surface area contributed by atoms with Gasteiger partial charge in [-0.3, -0.25) is 0 Å². The highest BCUT2D eigenvalue weighted by molar-refractivity contribution is 9.39. The molecule has 1 aliphatic carbocycles. The largest absolute Gasteiger partial charge is 0.387 e. The normalized spacial score (nSPS) is 25.2. The molecule has 0 saturated heterocycles. The van der Waals surface area contributed by atoms with Gasteiger partial charge in [0.15, 0.2) is 2.14 Å². The van der Waals surface area contributed by atoms with Crippen LogP contribution in [0.2, 0.25) is 0 Å². The van der Waals surface area contributed by atoms with Crippen LogP contribution < -0.4 is 0 Å². The van der Waals surface area contributed by atoms with Gasteiger partial charge in [-0.25, -0.2) is 0 Å². The fraction of sp³-hybridized carbons (Fsp3) is 1.00. The lowest BCUT2D eigenvalue weighted by Gasteiger charge is -2.31. The topological polar surface area (TPSA) is 20.2 Å². The fourth-order valence-corrected chi connectivity index (χ4v) is 2.43. The Hall–Kier alpha value is 1.40. The number of hydrogen-bond acceptors (Lipinski definition) is 1. The number of alkyl halides is 3. The number of halogens is 3. The molecule has 1 aliphatic rings. The summed E-state index contributed by atoms with van der Waals surface area (Å²) in [6.45, 7) is 0. The SMILES string of the molecule is OC1(C(Br)(Br)Br)CCCC1. The minimum atomic E-state index is -0.618. The van der Waals surface area contributed by atoms with Crippen LogP contribution in [0.5, 0.6) is 0 Å². The summed E-state index contributed by atoms with van der Waals surface area (Å²) in [5, 5.41) is 9.89. The molecule has 60 valence electrons. The molecular formula is C6H9Br3O. The van der Waals surface area contributed by atoms with Gasteiger partial charge in [0.05, 0.1) is 5.60 Å². The second-order valence-electron chi connectivity index (χ2n) is 2.74. The molecule has 0 aromatic heterocycles. The molecule has 0 heterocycles. The van der Waals surface area contributed by atoms with E-state index in [4.69, 9.17) is 0 Å². The summed E-state index contributed by atoms with van der Waals surface area (Å²) in [6.07, 6.45) is 3.94. The van der Waals surface area contributed by atoms with Gasteiger partial charge in [0.1, 0.15) is 0 Å². The minimum Gasteiger partial charge on any atom is -0.387 e. The summed E-state index contributed by atoms with van der Waals surface area (Å²) in [5.41, 5.74) is -0.618. The number of hydrogen-bond donors (Lipinski definition) is 1. The lowest BCUT2D eigenvalue weighted by molar-refractivity contribution is 0.0623. The Kier molecular flexibility index (Phi) is 2.88. The molecule has 0 aliphatic heterocycles. The van der Waals surface area contributed by atoms with E-state index in [2.05, 4.69) is 47.8 Å². The molecule has 1 fully saturated rings. The molecular weight excluding hydrogens is 328 g/mol. The Morgan fingerprint density at radius 2 is 1.50 bits per heavy atom. The summed E-state index contributed by atoms with van der Waals surface area (Å²) in [7, 11) is 0. The van der Waals surface area contributed by atoms with Gasteiger partial charge in [-0.2, -0.15) is 0 Å². The van der Waals surface area contributed by atoms with E-state index >= 15 is 0 Å². The van der Waals surface area contributed by atoms with Crippen molar-refractivity contribution in [2.24, 2.45) is 0 Å². The Bertz CT molecular complexity index is 123. The van der Waals surface area contributed by atoms with E-state index in [0.717, 1.165) is 25.7 Å². The second-order valence-corrected chi connectivity index (χ2v) is 9.50. The van der Waals surface area contributed by atoms with Crippen LogP contribution in [-0.2, 0) is 0 Å². The second kappa shape index (κ2) is 3.04. The lowest BCUT2D eigenvalue weighted by atomic mass is 10.1. The van der Waals surface area contributed by atoms with Crippen LogP contribution in [0.25, 0.3) is 0 Å². The highest BCUT2D eigenvalue weighted by Gasteiger charge is 2.46. The zero-order valence-electron chi connectivity index (χ0n) is 5.41. The van der Waals surface area contributed by atoms with Crippen LogP contribution in [0.3, 0.4) is 0 Å². The highest BCUT2D eigenvalue weighted by Crippen LogP contribution is 2.51. The Balaban J connectivity index is 2.67. The predicted molar refractivity (Wildman–Crippen MR) is 52.9 cm³/mol. The third kappa shape index (κ3) is 1.76. The lowest BCUT2D eigenvalue weighted by Crippen LogP contribution is -2.38. The molecule has 1 nitrogen and oxygen atoms in total. The monoisotopic (exact) mass is 334 g/mol. The Morgan fingerprint density at radius 1 is 1.10 bits per heavy atom. The summed E-state index contributed by atoms with van der Waals surface area (Å²) in [6, 6.07) is 0. The van der Waals surface area contributed by atoms with Crippen molar-refractivity contribution in [2.75, 3.05) is 0 Å². The molecule has 1 N–H and O–H groups in total. The van der Waals surface area contributed by atoms with Crippen LogP contribution in [0.15, 0.2) is 0 Å². The van der Waals surface area contributed by atoms with Crippen molar-refractivity contribution < 1.29 is 5.11 Å². The van der Waals surface area contributed by atoms with Gasteiger partial charge in [-0.15, -0.1) is 0 Å². The molecule has 0 aromatic carbocycles. The Labute approximate surface area is 86.0 Å². The van der Waals surface area contributed by atoms with Gasteiger partial charge in [0.2, 0.25) is 0 Å². The molecule has 0 amide bonds. The smallest absolute Gasteiger partial charge is 0.163 e. The zero-order chi connectivity index (χ0) is 7.83. The average molecular weight is 337 g/mol. The fourth-order valence-electron chi connectivity index (χ4n) is 1.24. The van der Waals surface area contributed by atoms with E-state index in [1.54, 1.807) is 0 Å².